The quantitative estimate of drug-likeness (QED) is 0.641. The average molecular weight is 462 g/mol. The zero-order valence-electron chi connectivity index (χ0n) is 17.9. The first-order chi connectivity index (χ1) is 14.8. The Balaban J connectivity index is 2.04. The Labute approximate surface area is 187 Å². The molecule has 1 saturated heterocycles. The molecule has 0 bridgehead atoms. The van der Waals surface area contributed by atoms with Gasteiger partial charge in [0.25, 0.3) is 23.3 Å². The number of halogens is 1. The first-order valence-corrected chi connectivity index (χ1v) is 10.0. The number of carbonyl (C=O) groups excluding carboxylic acids is 3. The molecule has 0 saturated carbocycles. The second kappa shape index (κ2) is 6.88. The minimum absolute atomic E-state index is 0.0685. The number of rotatable bonds is 1. The molecular formula is C21H20ClN3O7. The molecule has 11 heteroatoms. The van der Waals surface area contributed by atoms with Crippen LogP contribution >= 0.6 is 11.6 Å². The summed E-state index contributed by atoms with van der Waals surface area (Å²) in [5, 5.41) is 11.7. The Morgan fingerprint density at radius 3 is 2.25 bits per heavy atom. The summed E-state index contributed by atoms with van der Waals surface area (Å²) in [6.45, 7) is 5.30. The molecule has 1 N–H and O–H groups in total. The van der Waals surface area contributed by atoms with Gasteiger partial charge < -0.3 is 14.3 Å². The van der Waals surface area contributed by atoms with Gasteiger partial charge in [-0.25, -0.2) is 9.79 Å². The predicted molar refractivity (Wildman–Crippen MR) is 113 cm³/mol. The number of aliphatic hydroxyl groups is 1. The van der Waals surface area contributed by atoms with Crippen LogP contribution in [0, 0.1) is 0 Å². The largest absolute Gasteiger partial charge is 0.462 e. The molecular weight excluding hydrogens is 442 g/mol. The van der Waals surface area contributed by atoms with Gasteiger partial charge in [0.1, 0.15) is 5.58 Å². The van der Waals surface area contributed by atoms with E-state index in [2.05, 4.69) is 4.99 Å². The van der Waals surface area contributed by atoms with Gasteiger partial charge in [-0.1, -0.05) is 11.6 Å². The molecule has 4 rings (SSSR count). The molecule has 1 atom stereocenters. The van der Waals surface area contributed by atoms with Crippen molar-refractivity contribution in [3.05, 3.63) is 44.8 Å². The topological polar surface area (TPSA) is 130 Å². The van der Waals surface area contributed by atoms with Crippen molar-refractivity contribution in [2.24, 2.45) is 4.99 Å². The van der Waals surface area contributed by atoms with E-state index >= 15 is 0 Å². The molecule has 0 spiro atoms. The maximum absolute atomic E-state index is 13.4. The maximum Gasteiger partial charge on any atom is 0.333 e. The molecule has 2 aliphatic heterocycles. The van der Waals surface area contributed by atoms with Crippen molar-refractivity contribution < 1.29 is 28.6 Å². The second-order valence-corrected chi connectivity index (χ2v) is 9.11. The van der Waals surface area contributed by atoms with Gasteiger partial charge in [-0.3, -0.25) is 24.2 Å². The van der Waals surface area contributed by atoms with E-state index in [1.165, 1.54) is 18.2 Å². The third-order valence-corrected chi connectivity index (χ3v) is 5.46. The fourth-order valence-corrected chi connectivity index (χ4v) is 3.88. The second-order valence-electron chi connectivity index (χ2n) is 8.68. The summed E-state index contributed by atoms with van der Waals surface area (Å²) in [5.41, 5.74) is -4.32. The zero-order chi connectivity index (χ0) is 23.7. The number of hydrogen-bond donors (Lipinski definition) is 1. The number of fused-ring (bicyclic) bond motifs is 2. The molecule has 0 aliphatic carbocycles. The maximum atomic E-state index is 13.4. The van der Waals surface area contributed by atoms with Crippen LogP contribution in [0.1, 0.15) is 38.2 Å². The smallest absolute Gasteiger partial charge is 0.333 e. The summed E-state index contributed by atoms with van der Waals surface area (Å²) >= 11 is 6.03. The first-order valence-electron chi connectivity index (χ1n) is 9.63. The van der Waals surface area contributed by atoms with Gasteiger partial charge in [-0.15, -0.1) is 0 Å². The van der Waals surface area contributed by atoms with E-state index < -0.39 is 40.5 Å². The van der Waals surface area contributed by atoms with Crippen LogP contribution in [-0.4, -0.2) is 63.9 Å². The Hall–Kier alpha value is -3.24. The Morgan fingerprint density at radius 2 is 1.69 bits per heavy atom. The van der Waals surface area contributed by atoms with Crippen LogP contribution in [-0.2, 0) is 14.3 Å². The molecule has 2 aromatic rings. The molecule has 10 nitrogen and oxygen atoms in total. The number of carbonyl (C=O) groups is 3. The summed E-state index contributed by atoms with van der Waals surface area (Å²) in [5.74, 6) is -2.73. The van der Waals surface area contributed by atoms with Crippen molar-refractivity contribution in [2.75, 3.05) is 14.1 Å². The van der Waals surface area contributed by atoms with Gasteiger partial charge in [-0.05, 0) is 39.0 Å². The number of nitrogens with zero attached hydrogens (tertiary/aromatic N) is 3. The van der Waals surface area contributed by atoms with Crippen LogP contribution in [0.25, 0.3) is 11.0 Å². The van der Waals surface area contributed by atoms with Crippen molar-refractivity contribution in [3.8, 4) is 0 Å². The van der Waals surface area contributed by atoms with E-state index in [0.29, 0.717) is 9.80 Å². The Morgan fingerprint density at radius 1 is 1.09 bits per heavy atom. The fraction of sp³-hybridized carbons (Fsp3) is 0.381. The normalized spacial score (nSPS) is 22.0. The van der Waals surface area contributed by atoms with E-state index in [1.807, 2.05) is 0 Å². The van der Waals surface area contributed by atoms with Gasteiger partial charge in [0, 0.05) is 19.1 Å². The average Bonchev–Trinajstić information content (AvgIpc) is 3.07. The van der Waals surface area contributed by atoms with Gasteiger partial charge in [0.2, 0.25) is 5.43 Å². The standard InChI is InChI=1S/C21H20ClN3O7/c1-20(2,3)23-16-14-12(13(26)10-8-9(22)6-7-11(10)31-14)15(32-16)21(30)17(27)24(4)19(29)25(5)18(21)28/h6-8,15,30H,1-5H3. The van der Waals surface area contributed by atoms with Crippen LogP contribution in [0.5, 0.6) is 0 Å². The summed E-state index contributed by atoms with van der Waals surface area (Å²) in [6, 6.07) is 3.47. The number of imide groups is 2. The van der Waals surface area contributed by atoms with Crippen LogP contribution in [0.2, 0.25) is 5.02 Å². The lowest BCUT2D eigenvalue weighted by molar-refractivity contribution is -0.179. The molecule has 1 fully saturated rings. The van der Waals surface area contributed by atoms with Crippen molar-refractivity contribution in [1.29, 1.82) is 0 Å². The Kier molecular flexibility index (Phi) is 4.72. The predicted octanol–water partition coefficient (Wildman–Crippen LogP) is 1.84. The molecule has 1 unspecified atom stereocenters. The number of aliphatic imine (C=N–C) groups is 1. The summed E-state index contributed by atoms with van der Waals surface area (Å²) in [6.07, 6.45) is -1.80. The van der Waals surface area contributed by atoms with Gasteiger partial charge >= 0.3 is 6.03 Å². The van der Waals surface area contributed by atoms with E-state index in [1.54, 1.807) is 20.8 Å². The summed E-state index contributed by atoms with van der Waals surface area (Å²) < 4.78 is 11.6. The van der Waals surface area contributed by atoms with Gasteiger partial charge in [0.05, 0.1) is 16.5 Å². The lowest BCUT2D eigenvalue weighted by atomic mass is 9.87. The van der Waals surface area contributed by atoms with Crippen LogP contribution in [0.4, 0.5) is 4.79 Å². The number of hydrogen-bond acceptors (Lipinski definition) is 8. The van der Waals surface area contributed by atoms with Crippen LogP contribution in [0.3, 0.4) is 0 Å². The van der Waals surface area contributed by atoms with Crippen molar-refractivity contribution in [2.45, 2.75) is 38.0 Å². The number of urea groups is 1. The fourth-order valence-electron chi connectivity index (χ4n) is 3.70. The number of barbiturate groups is 1. The van der Waals surface area contributed by atoms with Crippen LogP contribution < -0.4 is 5.43 Å². The number of amides is 4. The molecule has 32 heavy (non-hydrogen) atoms. The third kappa shape index (κ3) is 3.01. The lowest BCUT2D eigenvalue weighted by Gasteiger charge is -2.40. The molecule has 0 radical (unpaired) electrons. The minimum Gasteiger partial charge on any atom is -0.462 e. The monoisotopic (exact) mass is 461 g/mol. The number of ether oxygens (including phenoxy) is 1. The summed E-state index contributed by atoms with van der Waals surface area (Å²) in [4.78, 5) is 57.1. The lowest BCUT2D eigenvalue weighted by Crippen LogP contribution is -2.69. The van der Waals surface area contributed by atoms with Crippen molar-refractivity contribution in [3.63, 3.8) is 0 Å². The van der Waals surface area contributed by atoms with Crippen molar-refractivity contribution >= 4 is 46.3 Å². The molecule has 168 valence electrons. The highest BCUT2D eigenvalue weighted by Gasteiger charge is 2.64. The molecule has 3 heterocycles. The first kappa shape index (κ1) is 22.0. The van der Waals surface area contributed by atoms with Gasteiger partial charge in [-0.2, -0.15) is 0 Å². The Bertz CT molecular complexity index is 1270. The van der Waals surface area contributed by atoms with E-state index in [0.717, 1.165) is 14.1 Å². The molecule has 1 aromatic carbocycles. The number of likely N-dealkylation sites (N-methyl/N-ethyl adjacent to an activating group) is 2. The van der Waals surface area contributed by atoms with Gasteiger partial charge in [0.15, 0.2) is 11.9 Å². The SMILES string of the molecule is CN1C(=O)N(C)C(=O)C(O)(C2OC(=NC(C)(C)C)c3oc4ccc(Cl)cc4c(=O)c32)C1=O. The summed E-state index contributed by atoms with van der Waals surface area (Å²) in [7, 11) is 2.22. The highest BCUT2D eigenvalue weighted by atomic mass is 35.5. The van der Waals surface area contributed by atoms with E-state index in [4.69, 9.17) is 20.8 Å². The number of benzene rings is 1. The van der Waals surface area contributed by atoms with Crippen LogP contribution in [0.15, 0.2) is 32.4 Å². The highest BCUT2D eigenvalue weighted by molar-refractivity contribution is 6.31. The van der Waals surface area contributed by atoms with E-state index in [-0.39, 0.29) is 33.2 Å². The molecule has 2 aliphatic rings. The highest BCUT2D eigenvalue weighted by Crippen LogP contribution is 2.42. The minimum atomic E-state index is -2.90. The zero-order valence-corrected chi connectivity index (χ0v) is 18.7. The van der Waals surface area contributed by atoms with E-state index in [9.17, 15) is 24.3 Å². The van der Waals surface area contributed by atoms with Crippen molar-refractivity contribution in [1.82, 2.24) is 9.80 Å². The molecule has 1 aromatic heterocycles. The third-order valence-electron chi connectivity index (χ3n) is 5.23. The molecule has 4 amide bonds.